The molecule has 102 valence electrons. The first-order valence-electron chi connectivity index (χ1n) is 6.35. The van der Waals surface area contributed by atoms with Crippen LogP contribution < -0.4 is 5.73 Å². The van der Waals surface area contributed by atoms with E-state index < -0.39 is 30.0 Å². The Hall–Kier alpha value is -0.200. The number of hydrogen-bond acceptors (Lipinski definition) is 5. The molecule has 1 fully saturated rings. The fraction of sp³-hybridized carbons (Fsp3) is 1.00. The Bertz CT molecular complexity index is 243. The highest BCUT2D eigenvalue weighted by atomic mass is 16.5. The van der Waals surface area contributed by atoms with Crippen molar-refractivity contribution in [1.29, 1.82) is 0 Å². The Morgan fingerprint density at radius 3 is 2.12 bits per heavy atom. The molecule has 1 aliphatic rings. The van der Waals surface area contributed by atoms with Crippen molar-refractivity contribution >= 4 is 0 Å². The second kappa shape index (κ2) is 5.63. The summed E-state index contributed by atoms with van der Waals surface area (Å²) in [5.74, 6) is 0. The zero-order valence-corrected chi connectivity index (χ0v) is 10.8. The third kappa shape index (κ3) is 2.80. The molecule has 5 nitrogen and oxygen atoms in total. The predicted molar refractivity (Wildman–Crippen MR) is 64.5 cm³/mol. The second-order valence-corrected chi connectivity index (χ2v) is 5.07. The van der Waals surface area contributed by atoms with Crippen LogP contribution in [0, 0.1) is 0 Å². The van der Waals surface area contributed by atoms with E-state index in [0.717, 1.165) is 0 Å². The van der Waals surface area contributed by atoms with Crippen LogP contribution >= 0.6 is 0 Å². The molecule has 5 N–H and O–H groups in total. The van der Waals surface area contributed by atoms with Crippen LogP contribution in [0.3, 0.4) is 0 Å². The molecule has 0 spiro atoms. The van der Waals surface area contributed by atoms with Gasteiger partial charge >= 0.3 is 0 Å². The molecule has 1 rings (SSSR count). The van der Waals surface area contributed by atoms with Crippen molar-refractivity contribution in [3.63, 3.8) is 0 Å². The highest BCUT2D eigenvalue weighted by molar-refractivity contribution is 5.01. The Morgan fingerprint density at radius 2 is 1.71 bits per heavy atom. The van der Waals surface area contributed by atoms with Crippen LogP contribution in [-0.4, -0.2) is 51.4 Å². The van der Waals surface area contributed by atoms with Gasteiger partial charge in [0.05, 0.1) is 11.7 Å². The fourth-order valence-corrected chi connectivity index (χ4v) is 2.55. The molecule has 5 atom stereocenters. The molecule has 0 radical (unpaired) electrons. The summed E-state index contributed by atoms with van der Waals surface area (Å²) in [6.45, 7) is 5.63. The molecule has 17 heavy (non-hydrogen) atoms. The Kier molecular flexibility index (Phi) is 4.92. The summed E-state index contributed by atoms with van der Waals surface area (Å²) in [6, 6.07) is -0.122. The summed E-state index contributed by atoms with van der Waals surface area (Å²) in [5, 5.41) is 29.8. The average molecular weight is 247 g/mol. The quantitative estimate of drug-likeness (QED) is 0.550. The molecule has 0 bridgehead atoms. The summed E-state index contributed by atoms with van der Waals surface area (Å²) in [6.07, 6.45) is -2.19. The third-order valence-corrected chi connectivity index (χ3v) is 3.78. The van der Waals surface area contributed by atoms with Gasteiger partial charge in [0.15, 0.2) is 0 Å². The molecule has 5 heteroatoms. The van der Waals surface area contributed by atoms with Gasteiger partial charge in [-0.25, -0.2) is 0 Å². The van der Waals surface area contributed by atoms with Gasteiger partial charge in [-0.15, -0.1) is 0 Å². The fourth-order valence-electron chi connectivity index (χ4n) is 2.55. The van der Waals surface area contributed by atoms with Crippen LogP contribution in [0.25, 0.3) is 0 Å². The standard InChI is InChI=1S/C12H25NO4/c1-4-12(5-2)11(16)10(15)9(14)8(17-12)6-7(3)13/h7-11,14-16H,4-6,13H2,1-3H3. The van der Waals surface area contributed by atoms with Crippen LogP contribution in [0.1, 0.15) is 40.0 Å². The van der Waals surface area contributed by atoms with E-state index in [4.69, 9.17) is 10.5 Å². The summed E-state index contributed by atoms with van der Waals surface area (Å²) >= 11 is 0. The van der Waals surface area contributed by atoms with Gasteiger partial charge in [0, 0.05) is 6.04 Å². The van der Waals surface area contributed by atoms with Crippen LogP contribution in [0.4, 0.5) is 0 Å². The monoisotopic (exact) mass is 247 g/mol. The maximum atomic E-state index is 10.0. The topological polar surface area (TPSA) is 95.9 Å². The first-order chi connectivity index (χ1) is 7.88. The van der Waals surface area contributed by atoms with Crippen LogP contribution in [0.2, 0.25) is 0 Å². The minimum Gasteiger partial charge on any atom is -0.388 e. The summed E-state index contributed by atoms with van der Waals surface area (Å²) < 4.78 is 5.84. The van der Waals surface area contributed by atoms with Crippen molar-refractivity contribution in [3.8, 4) is 0 Å². The molecule has 1 saturated heterocycles. The minimum absolute atomic E-state index is 0.122. The maximum absolute atomic E-state index is 10.0. The molecule has 0 aliphatic carbocycles. The largest absolute Gasteiger partial charge is 0.388 e. The normalized spacial score (nSPS) is 39.0. The predicted octanol–water partition coefficient (Wildman–Crippen LogP) is -0.236. The van der Waals surface area contributed by atoms with Crippen LogP contribution in [-0.2, 0) is 4.74 Å². The van der Waals surface area contributed by atoms with Gasteiger partial charge in [0.25, 0.3) is 0 Å². The zero-order chi connectivity index (χ0) is 13.2. The average Bonchev–Trinajstić information content (AvgIpc) is 2.30. The van der Waals surface area contributed by atoms with Crippen LogP contribution in [0.15, 0.2) is 0 Å². The van der Waals surface area contributed by atoms with E-state index >= 15 is 0 Å². The Balaban J connectivity index is 2.89. The highest BCUT2D eigenvalue weighted by Crippen LogP contribution is 2.36. The minimum atomic E-state index is -1.17. The third-order valence-electron chi connectivity index (χ3n) is 3.78. The lowest BCUT2D eigenvalue weighted by Crippen LogP contribution is -2.64. The molecule has 0 amide bonds. The van der Waals surface area contributed by atoms with Gasteiger partial charge < -0.3 is 25.8 Å². The summed E-state index contributed by atoms with van der Waals surface area (Å²) in [4.78, 5) is 0. The molecule has 5 unspecified atom stereocenters. The smallest absolute Gasteiger partial charge is 0.111 e. The highest BCUT2D eigenvalue weighted by Gasteiger charge is 2.51. The molecule has 0 aromatic heterocycles. The van der Waals surface area contributed by atoms with Gasteiger partial charge in [0.1, 0.15) is 18.3 Å². The number of aliphatic hydroxyl groups is 3. The van der Waals surface area contributed by atoms with Gasteiger partial charge in [-0.05, 0) is 26.2 Å². The first-order valence-corrected chi connectivity index (χ1v) is 6.35. The van der Waals surface area contributed by atoms with Crippen molar-refractivity contribution in [2.45, 2.75) is 76.1 Å². The summed E-state index contributed by atoms with van der Waals surface area (Å²) in [7, 11) is 0. The molecule has 0 aromatic carbocycles. The SMILES string of the molecule is CCC1(CC)OC(CC(C)N)C(O)C(O)C1O. The number of rotatable bonds is 4. The van der Waals surface area contributed by atoms with Gasteiger partial charge in [-0.1, -0.05) is 13.8 Å². The van der Waals surface area contributed by atoms with E-state index in [9.17, 15) is 15.3 Å². The van der Waals surface area contributed by atoms with E-state index in [1.807, 2.05) is 20.8 Å². The maximum Gasteiger partial charge on any atom is 0.111 e. The number of hydrogen-bond donors (Lipinski definition) is 4. The molecule has 1 heterocycles. The number of ether oxygens (including phenoxy) is 1. The zero-order valence-electron chi connectivity index (χ0n) is 10.8. The van der Waals surface area contributed by atoms with Gasteiger partial charge in [-0.3, -0.25) is 0 Å². The molecule has 0 saturated carbocycles. The lowest BCUT2D eigenvalue weighted by atomic mass is 9.80. The molecule has 1 aliphatic heterocycles. The second-order valence-electron chi connectivity index (χ2n) is 5.07. The number of nitrogens with two attached hydrogens (primary N) is 1. The van der Waals surface area contributed by atoms with Crippen molar-refractivity contribution in [2.24, 2.45) is 5.73 Å². The summed E-state index contributed by atoms with van der Waals surface area (Å²) in [5.41, 5.74) is 4.92. The van der Waals surface area contributed by atoms with Gasteiger partial charge in [0.2, 0.25) is 0 Å². The Labute approximate surface area is 103 Å². The van der Waals surface area contributed by atoms with Crippen molar-refractivity contribution < 1.29 is 20.1 Å². The van der Waals surface area contributed by atoms with E-state index in [1.165, 1.54) is 0 Å². The van der Waals surface area contributed by atoms with E-state index in [2.05, 4.69) is 0 Å². The molecule has 0 aromatic rings. The van der Waals surface area contributed by atoms with E-state index in [1.54, 1.807) is 0 Å². The Morgan fingerprint density at radius 1 is 1.18 bits per heavy atom. The van der Waals surface area contributed by atoms with Crippen LogP contribution in [0.5, 0.6) is 0 Å². The lowest BCUT2D eigenvalue weighted by molar-refractivity contribution is -0.271. The van der Waals surface area contributed by atoms with Gasteiger partial charge in [-0.2, -0.15) is 0 Å². The van der Waals surface area contributed by atoms with Crippen molar-refractivity contribution in [1.82, 2.24) is 0 Å². The number of aliphatic hydroxyl groups excluding tert-OH is 3. The van der Waals surface area contributed by atoms with Crippen molar-refractivity contribution in [2.75, 3.05) is 0 Å². The van der Waals surface area contributed by atoms with E-state index in [0.29, 0.717) is 19.3 Å². The van der Waals surface area contributed by atoms with E-state index in [-0.39, 0.29) is 6.04 Å². The molecular formula is C12H25NO4. The molecular weight excluding hydrogens is 222 g/mol. The van der Waals surface area contributed by atoms with Crippen molar-refractivity contribution in [3.05, 3.63) is 0 Å². The first kappa shape index (κ1) is 14.9. The lowest BCUT2D eigenvalue weighted by Gasteiger charge is -2.49.